The van der Waals surface area contributed by atoms with Crippen LogP contribution in [0.3, 0.4) is 0 Å². The second-order valence-corrected chi connectivity index (χ2v) is 2.97. The van der Waals surface area contributed by atoms with E-state index in [0.29, 0.717) is 6.42 Å². The lowest BCUT2D eigenvalue weighted by atomic mass is 10.5. The van der Waals surface area contributed by atoms with Gasteiger partial charge in [-0.25, -0.2) is 4.57 Å². The molecule has 0 bridgehead atoms. The lowest BCUT2D eigenvalue weighted by Crippen LogP contribution is -2.38. The molecule has 0 fully saturated rings. The Labute approximate surface area is 77.7 Å². The third-order valence-electron chi connectivity index (χ3n) is 1.80. The van der Waals surface area contributed by atoms with Crippen LogP contribution in [-0.2, 0) is 16.6 Å². The summed E-state index contributed by atoms with van der Waals surface area (Å²) in [5.41, 5.74) is 0. The van der Waals surface area contributed by atoms with Gasteiger partial charge in [0.2, 0.25) is 12.6 Å². The molecule has 72 valence electrons. The van der Waals surface area contributed by atoms with Gasteiger partial charge >= 0.3 is 5.97 Å². The molecule has 1 atom stereocenters. The molecular weight excluding hydrogens is 168 g/mol. The van der Waals surface area contributed by atoms with Crippen LogP contribution in [0, 0.1) is 0 Å². The first-order valence-electron chi connectivity index (χ1n) is 4.35. The molecule has 0 N–H and O–H groups in total. The second-order valence-electron chi connectivity index (χ2n) is 2.97. The minimum atomic E-state index is -0.228. The van der Waals surface area contributed by atoms with E-state index >= 15 is 0 Å². The predicted molar refractivity (Wildman–Crippen MR) is 46.7 cm³/mol. The number of carbonyl (C=O) groups is 1. The number of rotatable bonds is 3. The summed E-state index contributed by atoms with van der Waals surface area (Å²) in [6, 6.07) is 0. The maximum atomic E-state index is 11.0. The maximum Gasteiger partial charge on any atom is 0.308 e. The Morgan fingerprint density at radius 3 is 2.85 bits per heavy atom. The summed E-state index contributed by atoms with van der Waals surface area (Å²) in [6.45, 7) is 3.62. The van der Waals surface area contributed by atoms with E-state index in [4.69, 9.17) is 4.74 Å². The Balaban J connectivity index is 2.58. The van der Waals surface area contributed by atoms with Gasteiger partial charge in [0.1, 0.15) is 12.4 Å². The van der Waals surface area contributed by atoms with Crippen LogP contribution >= 0.6 is 0 Å². The Morgan fingerprint density at radius 1 is 1.69 bits per heavy atom. The van der Waals surface area contributed by atoms with Crippen LogP contribution in [-0.4, -0.2) is 10.5 Å². The standard InChI is InChI=1S/C9H15N2O2/c1-4-9(12)13-8(2)11-6-5-10(3)7-11/h5-8H,4H2,1-3H3/q+1. The van der Waals surface area contributed by atoms with Gasteiger partial charge in [-0.05, 0) is 0 Å². The van der Waals surface area contributed by atoms with E-state index < -0.39 is 0 Å². The van der Waals surface area contributed by atoms with E-state index in [1.807, 2.05) is 41.8 Å². The van der Waals surface area contributed by atoms with Crippen molar-refractivity contribution in [2.75, 3.05) is 0 Å². The number of hydrogen-bond donors (Lipinski definition) is 0. The van der Waals surface area contributed by atoms with Gasteiger partial charge in [-0.3, -0.25) is 4.79 Å². The van der Waals surface area contributed by atoms with Gasteiger partial charge in [0, 0.05) is 13.3 Å². The molecule has 1 unspecified atom stereocenters. The fraction of sp³-hybridized carbons (Fsp3) is 0.556. The highest BCUT2D eigenvalue weighted by molar-refractivity contribution is 5.68. The molecule has 0 aliphatic heterocycles. The Kier molecular flexibility index (Phi) is 3.06. The van der Waals surface area contributed by atoms with Crippen LogP contribution in [0.2, 0.25) is 0 Å². The minimum absolute atomic E-state index is 0.177. The molecule has 1 aromatic heterocycles. The first-order valence-corrected chi connectivity index (χ1v) is 4.35. The van der Waals surface area contributed by atoms with Gasteiger partial charge in [0.05, 0.1) is 7.05 Å². The number of carbonyl (C=O) groups excluding carboxylic acids is 1. The van der Waals surface area contributed by atoms with Crippen LogP contribution in [0.1, 0.15) is 26.5 Å². The van der Waals surface area contributed by atoms with Crippen molar-refractivity contribution < 1.29 is 14.1 Å². The van der Waals surface area contributed by atoms with Crippen molar-refractivity contribution in [1.29, 1.82) is 0 Å². The molecule has 0 saturated carbocycles. The van der Waals surface area contributed by atoms with Crippen LogP contribution in [0.15, 0.2) is 18.7 Å². The molecule has 1 heterocycles. The quantitative estimate of drug-likeness (QED) is 0.513. The van der Waals surface area contributed by atoms with E-state index in [-0.39, 0.29) is 12.2 Å². The summed E-state index contributed by atoms with van der Waals surface area (Å²) in [5.74, 6) is -0.177. The molecule has 0 saturated heterocycles. The van der Waals surface area contributed by atoms with Crippen molar-refractivity contribution in [3.63, 3.8) is 0 Å². The molecule has 1 rings (SSSR count). The molecule has 13 heavy (non-hydrogen) atoms. The Bertz CT molecular complexity index is 294. The summed E-state index contributed by atoms with van der Waals surface area (Å²) in [7, 11) is 1.92. The Morgan fingerprint density at radius 2 is 2.38 bits per heavy atom. The predicted octanol–water partition coefficient (Wildman–Crippen LogP) is 0.784. The largest absolute Gasteiger partial charge is 0.422 e. The SMILES string of the molecule is CCC(=O)OC(C)[n+]1ccn(C)c1. The van der Waals surface area contributed by atoms with E-state index in [2.05, 4.69) is 0 Å². The van der Waals surface area contributed by atoms with Gasteiger partial charge in [0.15, 0.2) is 0 Å². The third-order valence-corrected chi connectivity index (χ3v) is 1.80. The van der Waals surface area contributed by atoms with Crippen LogP contribution in [0.5, 0.6) is 0 Å². The number of ether oxygens (including phenoxy) is 1. The highest BCUT2D eigenvalue weighted by Crippen LogP contribution is 1.99. The van der Waals surface area contributed by atoms with Gasteiger partial charge in [-0.15, -0.1) is 0 Å². The third kappa shape index (κ3) is 2.57. The van der Waals surface area contributed by atoms with Gasteiger partial charge in [0.25, 0.3) is 0 Å². The van der Waals surface area contributed by atoms with Crippen molar-refractivity contribution in [2.45, 2.75) is 26.5 Å². The molecule has 0 aromatic carbocycles. The fourth-order valence-corrected chi connectivity index (χ4v) is 1.02. The zero-order valence-corrected chi connectivity index (χ0v) is 8.23. The van der Waals surface area contributed by atoms with Crippen molar-refractivity contribution >= 4 is 5.97 Å². The number of nitrogens with zero attached hydrogens (tertiary/aromatic N) is 2. The van der Waals surface area contributed by atoms with E-state index in [1.54, 1.807) is 6.92 Å². The highest BCUT2D eigenvalue weighted by Gasteiger charge is 2.13. The molecule has 0 spiro atoms. The van der Waals surface area contributed by atoms with Crippen molar-refractivity contribution in [3.8, 4) is 0 Å². The number of esters is 1. The lowest BCUT2D eigenvalue weighted by Gasteiger charge is -2.08. The summed E-state index contributed by atoms with van der Waals surface area (Å²) < 4.78 is 8.85. The number of imidazole rings is 1. The average Bonchev–Trinajstić information content (AvgIpc) is 2.51. The van der Waals surface area contributed by atoms with Crippen molar-refractivity contribution in [2.24, 2.45) is 7.05 Å². The fourth-order valence-electron chi connectivity index (χ4n) is 1.02. The zero-order chi connectivity index (χ0) is 9.84. The molecule has 0 radical (unpaired) electrons. The summed E-state index contributed by atoms with van der Waals surface area (Å²) >= 11 is 0. The van der Waals surface area contributed by atoms with Crippen LogP contribution in [0.4, 0.5) is 0 Å². The molecular formula is C9H15N2O2+. The minimum Gasteiger partial charge on any atom is -0.422 e. The normalized spacial score (nSPS) is 12.5. The number of aromatic nitrogens is 2. The van der Waals surface area contributed by atoms with E-state index in [9.17, 15) is 4.79 Å². The van der Waals surface area contributed by atoms with Gasteiger partial charge in [-0.1, -0.05) is 6.92 Å². The topological polar surface area (TPSA) is 35.1 Å². The van der Waals surface area contributed by atoms with E-state index in [1.165, 1.54) is 0 Å². The molecule has 0 aliphatic rings. The van der Waals surface area contributed by atoms with Gasteiger partial charge in [-0.2, -0.15) is 4.57 Å². The number of aryl methyl sites for hydroxylation is 1. The van der Waals surface area contributed by atoms with Crippen molar-refractivity contribution in [3.05, 3.63) is 18.7 Å². The molecule has 4 nitrogen and oxygen atoms in total. The first kappa shape index (κ1) is 9.77. The molecule has 4 heteroatoms. The smallest absolute Gasteiger partial charge is 0.308 e. The molecule has 1 aromatic rings. The summed E-state index contributed by atoms with van der Waals surface area (Å²) in [5, 5.41) is 0. The maximum absolute atomic E-state index is 11.0. The second kappa shape index (κ2) is 4.07. The Hall–Kier alpha value is -1.32. The lowest BCUT2D eigenvalue weighted by molar-refractivity contribution is -0.752. The number of hydrogen-bond acceptors (Lipinski definition) is 2. The molecule has 0 amide bonds. The van der Waals surface area contributed by atoms with Crippen molar-refractivity contribution in [1.82, 2.24) is 4.57 Å². The molecule has 0 aliphatic carbocycles. The zero-order valence-electron chi connectivity index (χ0n) is 8.23. The van der Waals surface area contributed by atoms with Gasteiger partial charge < -0.3 is 4.74 Å². The summed E-state index contributed by atoms with van der Waals surface area (Å²) in [4.78, 5) is 11.0. The van der Waals surface area contributed by atoms with Crippen LogP contribution < -0.4 is 4.57 Å². The summed E-state index contributed by atoms with van der Waals surface area (Å²) in [6.07, 6.45) is 5.82. The first-order chi connectivity index (χ1) is 6.13. The monoisotopic (exact) mass is 183 g/mol. The van der Waals surface area contributed by atoms with E-state index in [0.717, 1.165) is 0 Å². The van der Waals surface area contributed by atoms with Crippen LogP contribution in [0.25, 0.3) is 0 Å². The average molecular weight is 183 g/mol. The highest BCUT2D eigenvalue weighted by atomic mass is 16.6.